The molecule has 8 heteroatoms. The average Bonchev–Trinajstić information content (AvgIpc) is 2.63. The van der Waals surface area contributed by atoms with E-state index in [-0.39, 0.29) is 18.8 Å². The van der Waals surface area contributed by atoms with Crippen LogP contribution in [-0.2, 0) is 30.4 Å². The fourth-order valence-corrected chi connectivity index (χ4v) is 2.23. The molecule has 0 spiro atoms. The zero-order valence-electron chi connectivity index (χ0n) is 13.8. The molecule has 0 N–H and O–H groups in total. The summed E-state index contributed by atoms with van der Waals surface area (Å²) < 4.78 is 14.4. The maximum Gasteiger partial charge on any atom is 0.329 e. The number of carbonyl (C=O) groups excluding carboxylic acids is 3. The summed E-state index contributed by atoms with van der Waals surface area (Å²) in [5.74, 6) is -1.51. The second kappa shape index (κ2) is 9.77. The number of nitrogens with zero attached hydrogens (tertiary/aromatic N) is 1. The molecule has 0 bridgehead atoms. The zero-order valence-corrected chi connectivity index (χ0v) is 14.5. The minimum Gasteiger partial charge on any atom is -0.497 e. The highest BCUT2D eigenvalue weighted by Gasteiger charge is 2.32. The van der Waals surface area contributed by atoms with E-state index in [1.807, 2.05) is 0 Å². The molecule has 0 unspecified atom stereocenters. The van der Waals surface area contributed by atoms with Gasteiger partial charge in [0.05, 0.1) is 27.8 Å². The van der Waals surface area contributed by atoms with Crippen LogP contribution in [0.5, 0.6) is 5.75 Å². The number of methoxy groups -OCH3 is 3. The van der Waals surface area contributed by atoms with E-state index < -0.39 is 23.9 Å². The Balaban J connectivity index is 3.07. The number of alkyl halides is 1. The lowest BCUT2D eigenvalue weighted by atomic mass is 10.1. The minimum absolute atomic E-state index is 0.0896. The molecule has 1 amide bonds. The van der Waals surface area contributed by atoms with Gasteiger partial charge in [-0.2, -0.15) is 0 Å². The van der Waals surface area contributed by atoms with E-state index in [1.165, 1.54) is 19.1 Å². The number of hydrogen-bond acceptors (Lipinski definition) is 6. The normalized spacial score (nSPS) is 11.3. The third-order valence-corrected chi connectivity index (χ3v) is 3.61. The van der Waals surface area contributed by atoms with Crippen LogP contribution in [0.2, 0.25) is 0 Å². The SMILES string of the molecule is COC(=O)C[C@@H](C(=O)OC)N(Cc1ccc(OC)cc1)C(=O)CCl. The predicted molar refractivity (Wildman–Crippen MR) is 86.7 cm³/mol. The Labute approximate surface area is 145 Å². The van der Waals surface area contributed by atoms with Crippen LogP contribution in [0.15, 0.2) is 24.3 Å². The number of ether oxygens (including phenoxy) is 3. The third-order valence-electron chi connectivity index (χ3n) is 3.38. The van der Waals surface area contributed by atoms with Crippen LogP contribution >= 0.6 is 11.6 Å². The van der Waals surface area contributed by atoms with Gasteiger partial charge in [0.1, 0.15) is 17.7 Å². The summed E-state index contributed by atoms with van der Waals surface area (Å²) in [4.78, 5) is 37.0. The molecule has 24 heavy (non-hydrogen) atoms. The van der Waals surface area contributed by atoms with Crippen LogP contribution < -0.4 is 4.74 Å². The van der Waals surface area contributed by atoms with Crippen LogP contribution in [0.3, 0.4) is 0 Å². The minimum atomic E-state index is -1.11. The maximum atomic E-state index is 12.2. The van der Waals surface area contributed by atoms with Crippen LogP contribution in [-0.4, -0.2) is 56.0 Å². The van der Waals surface area contributed by atoms with Gasteiger partial charge in [-0.05, 0) is 17.7 Å². The third kappa shape index (κ3) is 5.42. The van der Waals surface area contributed by atoms with Crippen molar-refractivity contribution in [2.24, 2.45) is 0 Å². The number of halogens is 1. The molecule has 1 aromatic carbocycles. The largest absolute Gasteiger partial charge is 0.497 e. The zero-order chi connectivity index (χ0) is 18.1. The van der Waals surface area contributed by atoms with Crippen molar-refractivity contribution >= 4 is 29.4 Å². The smallest absolute Gasteiger partial charge is 0.329 e. The Bertz CT molecular complexity index is 574. The van der Waals surface area contributed by atoms with E-state index in [0.717, 1.165) is 5.56 Å². The van der Waals surface area contributed by atoms with E-state index in [4.69, 9.17) is 21.1 Å². The maximum absolute atomic E-state index is 12.2. The Morgan fingerprint density at radius 3 is 2.17 bits per heavy atom. The molecule has 0 heterocycles. The van der Waals surface area contributed by atoms with Crippen LogP contribution in [0.4, 0.5) is 0 Å². The molecule has 7 nitrogen and oxygen atoms in total. The van der Waals surface area contributed by atoms with Crippen molar-refractivity contribution in [3.05, 3.63) is 29.8 Å². The molecule has 0 fully saturated rings. The second-order valence-corrected chi connectivity index (χ2v) is 5.09. The molecule has 0 aliphatic heterocycles. The quantitative estimate of drug-likeness (QED) is 0.516. The van der Waals surface area contributed by atoms with Crippen LogP contribution in [0.1, 0.15) is 12.0 Å². The monoisotopic (exact) mass is 357 g/mol. The molecule has 0 aromatic heterocycles. The van der Waals surface area contributed by atoms with E-state index in [9.17, 15) is 14.4 Å². The van der Waals surface area contributed by atoms with Gasteiger partial charge in [-0.3, -0.25) is 9.59 Å². The Morgan fingerprint density at radius 2 is 1.71 bits per heavy atom. The molecule has 1 atom stereocenters. The van der Waals surface area contributed by atoms with Crippen LogP contribution in [0.25, 0.3) is 0 Å². The molecule has 1 aromatic rings. The van der Waals surface area contributed by atoms with Gasteiger partial charge in [0.2, 0.25) is 5.91 Å². The molecule has 0 radical (unpaired) electrons. The molecule has 0 saturated carbocycles. The van der Waals surface area contributed by atoms with Crippen molar-refractivity contribution in [1.82, 2.24) is 4.90 Å². The summed E-state index contributed by atoms with van der Waals surface area (Å²) in [5, 5.41) is 0. The number of rotatable bonds is 8. The Kier molecular flexibility index (Phi) is 8.05. The van der Waals surface area contributed by atoms with Crippen molar-refractivity contribution in [2.45, 2.75) is 19.0 Å². The number of hydrogen-bond donors (Lipinski definition) is 0. The predicted octanol–water partition coefficient (Wildman–Crippen LogP) is 1.37. The first-order valence-corrected chi connectivity index (χ1v) is 7.63. The van der Waals surface area contributed by atoms with Gasteiger partial charge in [0, 0.05) is 6.54 Å². The Morgan fingerprint density at radius 1 is 1.08 bits per heavy atom. The van der Waals surface area contributed by atoms with Gasteiger partial charge in [-0.25, -0.2) is 4.79 Å². The first-order valence-electron chi connectivity index (χ1n) is 7.09. The van der Waals surface area contributed by atoms with Gasteiger partial charge in [-0.1, -0.05) is 12.1 Å². The van der Waals surface area contributed by atoms with Crippen molar-refractivity contribution in [3.8, 4) is 5.75 Å². The summed E-state index contributed by atoms with van der Waals surface area (Å²) in [7, 11) is 3.93. The van der Waals surface area contributed by atoms with Gasteiger partial charge in [0.15, 0.2) is 0 Å². The van der Waals surface area contributed by atoms with E-state index in [1.54, 1.807) is 31.4 Å². The lowest BCUT2D eigenvalue weighted by Crippen LogP contribution is -2.47. The number of carbonyl (C=O) groups is 3. The summed E-state index contributed by atoms with van der Waals surface area (Å²) >= 11 is 5.64. The van der Waals surface area contributed by atoms with E-state index in [2.05, 4.69) is 4.74 Å². The number of benzene rings is 1. The summed E-state index contributed by atoms with van der Waals surface area (Å²) in [6.07, 6.45) is -0.318. The van der Waals surface area contributed by atoms with Gasteiger partial charge in [-0.15, -0.1) is 11.6 Å². The van der Waals surface area contributed by atoms with Crippen molar-refractivity contribution < 1.29 is 28.6 Å². The number of esters is 2. The lowest BCUT2D eigenvalue weighted by Gasteiger charge is -2.29. The highest BCUT2D eigenvalue weighted by molar-refractivity contribution is 6.27. The van der Waals surface area contributed by atoms with E-state index >= 15 is 0 Å². The Hall–Kier alpha value is -2.28. The lowest BCUT2D eigenvalue weighted by molar-refractivity contribution is -0.157. The summed E-state index contributed by atoms with van der Waals surface area (Å²) in [6.45, 7) is 0.0896. The summed E-state index contributed by atoms with van der Waals surface area (Å²) in [6, 6.07) is 5.84. The molecule has 132 valence electrons. The molecular formula is C16H20ClNO6. The van der Waals surface area contributed by atoms with Gasteiger partial charge < -0.3 is 19.1 Å². The molecule has 1 rings (SSSR count). The first-order chi connectivity index (χ1) is 11.5. The van der Waals surface area contributed by atoms with Gasteiger partial charge in [0.25, 0.3) is 0 Å². The topological polar surface area (TPSA) is 82.1 Å². The van der Waals surface area contributed by atoms with Crippen molar-refractivity contribution in [3.63, 3.8) is 0 Å². The average molecular weight is 358 g/mol. The molecule has 0 aliphatic carbocycles. The fourth-order valence-electron chi connectivity index (χ4n) is 2.07. The highest BCUT2D eigenvalue weighted by Crippen LogP contribution is 2.17. The summed E-state index contributed by atoms with van der Waals surface area (Å²) in [5.41, 5.74) is 0.744. The van der Waals surface area contributed by atoms with Gasteiger partial charge >= 0.3 is 11.9 Å². The molecule has 0 saturated heterocycles. The van der Waals surface area contributed by atoms with Crippen LogP contribution in [0, 0.1) is 0 Å². The van der Waals surface area contributed by atoms with Crippen molar-refractivity contribution in [1.29, 1.82) is 0 Å². The van der Waals surface area contributed by atoms with E-state index in [0.29, 0.717) is 5.75 Å². The molecule has 0 aliphatic rings. The van der Waals surface area contributed by atoms with Crippen molar-refractivity contribution in [2.75, 3.05) is 27.2 Å². The molecular weight excluding hydrogens is 338 g/mol. The number of amides is 1. The second-order valence-electron chi connectivity index (χ2n) is 4.82. The fraction of sp³-hybridized carbons (Fsp3) is 0.438. The standard InChI is InChI=1S/C16H20ClNO6/c1-22-12-6-4-11(5-7-12)10-18(14(19)9-17)13(16(21)24-3)8-15(20)23-2/h4-7,13H,8-10H2,1-3H3/t13-/m0/s1. The highest BCUT2D eigenvalue weighted by atomic mass is 35.5. The first kappa shape index (κ1) is 19.8.